The number of carbonyl (C=O) groups excluding carboxylic acids is 2. The summed E-state index contributed by atoms with van der Waals surface area (Å²) in [5.74, 6) is -3.25. The van der Waals surface area contributed by atoms with Crippen LogP contribution in [0, 0.1) is 0 Å². The van der Waals surface area contributed by atoms with E-state index in [2.05, 4.69) is 24.6 Å². The molecule has 0 aromatic carbocycles. The third kappa shape index (κ3) is 38.4. The van der Waals surface area contributed by atoms with E-state index in [0.717, 1.165) is 0 Å². The van der Waals surface area contributed by atoms with Crippen LogP contribution in [0.1, 0.15) is 77.6 Å². The summed E-state index contributed by atoms with van der Waals surface area (Å²) < 4.78 is 0. The summed E-state index contributed by atoms with van der Waals surface area (Å²) in [5.41, 5.74) is 0. The molecule has 0 aromatic heterocycles. The Labute approximate surface area is 230 Å². The quantitative estimate of drug-likeness (QED) is 0.200. The van der Waals surface area contributed by atoms with Crippen LogP contribution in [0.15, 0.2) is 0 Å². The van der Waals surface area contributed by atoms with Crippen molar-refractivity contribution in [1.29, 1.82) is 0 Å². The summed E-state index contributed by atoms with van der Waals surface area (Å²) in [5, 5.41) is 19.9. The van der Waals surface area contributed by atoms with Gasteiger partial charge in [0.25, 0.3) is 0 Å². The minimum atomic E-state index is -1.63. The zero-order valence-electron chi connectivity index (χ0n) is 15.1. The Morgan fingerprint density at radius 1 is 0.727 bits per heavy atom. The van der Waals surface area contributed by atoms with Gasteiger partial charge in [-0.25, -0.2) is 0 Å². The Hall–Kier alpha value is 2.81. The first-order valence-electron chi connectivity index (χ1n) is 7.94. The second kappa shape index (κ2) is 28.6. The molecule has 0 aromatic rings. The van der Waals surface area contributed by atoms with Gasteiger partial charge >= 0.3 is 197 Å². The average molecular weight is 357 g/mol. The molecule has 0 atom stereocenters. The summed E-state index contributed by atoms with van der Waals surface area (Å²) in [4.78, 5) is 18.6. The van der Waals surface area contributed by atoms with Crippen LogP contribution < -0.4 is 113 Å². The molecule has 7 heteroatoms. The van der Waals surface area contributed by atoms with E-state index >= 15 is 0 Å². The van der Waals surface area contributed by atoms with Crippen LogP contribution in [0.3, 0.4) is 0 Å². The fourth-order valence-electron chi connectivity index (χ4n) is 1.86. The Bertz CT molecular complexity index is 220. The van der Waals surface area contributed by atoms with Crippen LogP contribution >= 0.6 is 0 Å². The molecule has 0 bridgehead atoms. The molecule has 0 unspecified atom stereocenters. The summed E-state index contributed by atoms with van der Waals surface area (Å²) in [7, 11) is 0. The molecule has 0 heterocycles. The molecule has 0 rings (SSSR count). The fraction of sp³-hybridized carbons (Fsp3) is 0.867. The predicted molar refractivity (Wildman–Crippen MR) is 77.0 cm³/mol. The molecule has 0 aliphatic carbocycles. The zero-order valence-corrected chi connectivity index (χ0v) is 21.4. The first-order chi connectivity index (χ1) is 9.54. The maximum absolute atomic E-state index is 9.28. The van der Waals surface area contributed by atoms with Crippen molar-refractivity contribution in [2.75, 3.05) is 0 Å². The molecule has 0 amide bonds. The SMILES string of the molecule is O=C([O-])CC(=O)[O-].[K+].[K+].[Li][CH2]CCCCCCCCCCC. The number of hydrogen-bond donors (Lipinski definition) is 0. The van der Waals surface area contributed by atoms with E-state index in [-0.39, 0.29) is 103 Å². The molecule has 0 aliphatic heterocycles. The van der Waals surface area contributed by atoms with Gasteiger partial charge in [-0.15, -0.1) is 0 Å². The number of carboxylic acids is 2. The van der Waals surface area contributed by atoms with Gasteiger partial charge in [0.1, 0.15) is 0 Å². The summed E-state index contributed by atoms with van der Waals surface area (Å²) in [6.07, 6.45) is 13.5. The van der Waals surface area contributed by atoms with Crippen LogP contribution in [-0.2, 0) is 9.59 Å². The number of hydrogen-bond acceptors (Lipinski definition) is 4. The topological polar surface area (TPSA) is 80.3 Å². The zero-order chi connectivity index (χ0) is 15.6. The normalized spacial score (nSPS) is 8.86. The van der Waals surface area contributed by atoms with Gasteiger partial charge in [0, 0.05) is 18.4 Å². The molecule has 4 nitrogen and oxygen atoms in total. The van der Waals surface area contributed by atoms with Gasteiger partial charge in [-0.2, -0.15) is 0 Å². The molecule has 0 fully saturated rings. The summed E-state index contributed by atoms with van der Waals surface area (Å²) >= 11 is 2.28. The molecule has 22 heavy (non-hydrogen) atoms. The molecule has 0 aliphatic rings. The van der Waals surface area contributed by atoms with Crippen molar-refractivity contribution < 1.29 is 123 Å². The second-order valence-corrected chi connectivity index (χ2v) is 5.10. The Kier molecular flexibility index (Phi) is 42.2. The Morgan fingerprint density at radius 3 is 1.27 bits per heavy atom. The first kappa shape index (κ1) is 32.5. The average Bonchev–Trinajstić information content (AvgIpc) is 2.36. The van der Waals surface area contributed by atoms with E-state index in [1.165, 1.54) is 69.3 Å². The van der Waals surface area contributed by atoms with Gasteiger partial charge in [0.15, 0.2) is 0 Å². The van der Waals surface area contributed by atoms with Crippen molar-refractivity contribution in [3.05, 3.63) is 0 Å². The van der Waals surface area contributed by atoms with Gasteiger partial charge in [0.05, 0.1) is 0 Å². The molecular weight excluding hydrogens is 329 g/mol. The van der Waals surface area contributed by atoms with Crippen LogP contribution in [0.25, 0.3) is 0 Å². The first-order valence-corrected chi connectivity index (χ1v) is 7.94. The van der Waals surface area contributed by atoms with E-state index in [1.807, 2.05) is 0 Å². The monoisotopic (exact) mass is 356 g/mol. The maximum atomic E-state index is 9.28. The van der Waals surface area contributed by atoms with Gasteiger partial charge < -0.3 is 19.8 Å². The molecule has 0 spiro atoms. The van der Waals surface area contributed by atoms with Gasteiger partial charge in [-0.05, 0) is 0 Å². The van der Waals surface area contributed by atoms with Crippen LogP contribution in [-0.4, -0.2) is 29.7 Å². The van der Waals surface area contributed by atoms with E-state index < -0.39 is 18.4 Å². The third-order valence-corrected chi connectivity index (χ3v) is 3.00. The fourth-order valence-corrected chi connectivity index (χ4v) is 1.86. The van der Waals surface area contributed by atoms with Crippen molar-refractivity contribution in [2.45, 2.75) is 82.6 Å². The van der Waals surface area contributed by atoms with Crippen LogP contribution in [0.5, 0.6) is 0 Å². The second-order valence-electron chi connectivity index (χ2n) is 5.10. The van der Waals surface area contributed by atoms with Gasteiger partial charge in [0.2, 0.25) is 0 Å². The molecule has 0 N–H and O–H groups in total. The molecule has 0 saturated carbocycles. The van der Waals surface area contributed by atoms with E-state index in [0.29, 0.717) is 0 Å². The molecule has 0 radical (unpaired) electrons. The number of carboxylic acid groups (broad SMARTS) is 2. The summed E-state index contributed by atoms with van der Waals surface area (Å²) in [6, 6.07) is 0. The predicted octanol–water partition coefficient (Wildman–Crippen LogP) is -4.62. The van der Waals surface area contributed by atoms with Crippen LogP contribution in [0.2, 0.25) is 5.09 Å². The van der Waals surface area contributed by atoms with E-state index in [9.17, 15) is 19.8 Å². The Balaban J connectivity index is -0.000000156. The number of carbonyl (C=O) groups is 2. The standard InChI is InChI=1S/C12H25.C3H4O4.2K.Li/c1-3-5-7-9-11-12-10-8-6-4-2;4-2(5)1-3(6)7;;;/h1,3-12H2,2H3;1H2,(H,4,5)(H,6,7);;;/q;;2*+1;/p-2. The molecule has 114 valence electrons. The van der Waals surface area contributed by atoms with Crippen LogP contribution in [0.4, 0.5) is 0 Å². The minimum absolute atomic E-state index is 0. The van der Waals surface area contributed by atoms with Crippen molar-refractivity contribution in [1.82, 2.24) is 0 Å². The van der Waals surface area contributed by atoms with Crippen molar-refractivity contribution >= 4 is 29.7 Å². The van der Waals surface area contributed by atoms with E-state index in [4.69, 9.17) is 0 Å². The number of aliphatic carboxylic acids is 2. The van der Waals surface area contributed by atoms with Crippen molar-refractivity contribution in [3.63, 3.8) is 0 Å². The summed E-state index contributed by atoms with van der Waals surface area (Å²) in [6.45, 7) is 2.28. The number of rotatable bonds is 12. The number of unbranched alkanes of at least 4 members (excludes halogenated alkanes) is 9. The van der Waals surface area contributed by atoms with Gasteiger partial charge in [-0.1, -0.05) is 0 Å². The molecule has 0 saturated heterocycles. The van der Waals surface area contributed by atoms with Crippen molar-refractivity contribution in [3.8, 4) is 0 Å². The third-order valence-electron chi connectivity index (χ3n) is 3.00. The van der Waals surface area contributed by atoms with Crippen molar-refractivity contribution in [2.24, 2.45) is 0 Å². The Morgan fingerprint density at radius 2 is 1.05 bits per heavy atom. The van der Waals surface area contributed by atoms with E-state index in [1.54, 1.807) is 0 Å². The molecular formula is C15H27K2LiO4. The van der Waals surface area contributed by atoms with Gasteiger partial charge in [-0.3, -0.25) is 0 Å².